The minimum atomic E-state index is -0.702. The van der Waals surface area contributed by atoms with Gasteiger partial charge in [0.25, 0.3) is 5.91 Å². The first-order chi connectivity index (χ1) is 13.9. The van der Waals surface area contributed by atoms with Crippen LogP contribution < -0.4 is 5.32 Å². The van der Waals surface area contributed by atoms with Gasteiger partial charge in [-0.25, -0.2) is 0 Å². The number of rotatable bonds is 5. The highest BCUT2D eigenvalue weighted by atomic mass is 32.2. The molecule has 1 fully saturated rings. The zero-order chi connectivity index (χ0) is 21.0. The second kappa shape index (κ2) is 9.20. The van der Waals surface area contributed by atoms with Gasteiger partial charge in [0.05, 0.1) is 4.91 Å². The number of hydrogen-bond donors (Lipinski definition) is 1. The van der Waals surface area contributed by atoms with Crippen molar-refractivity contribution in [3.05, 3.63) is 82.3 Å². The van der Waals surface area contributed by atoms with Crippen LogP contribution in [0, 0.1) is 6.92 Å². The molecule has 2 amide bonds. The first-order valence-corrected chi connectivity index (χ1v) is 10.5. The van der Waals surface area contributed by atoms with Crippen LogP contribution in [0.25, 0.3) is 6.08 Å². The number of amides is 2. The third-order valence-corrected chi connectivity index (χ3v) is 5.88. The molecule has 148 valence electrons. The Balaban J connectivity index is 1.75. The third kappa shape index (κ3) is 5.02. The summed E-state index contributed by atoms with van der Waals surface area (Å²) in [5.41, 5.74) is 3.68. The quantitative estimate of drug-likeness (QED) is 0.533. The summed E-state index contributed by atoms with van der Waals surface area (Å²) in [5.74, 6) is -0.512. The SMILES string of the molecule is CC(/C=C1\SC(=S)N(C(C)C(=O)Nc2ccccc2C)C1=O)=C\c1ccccc1. The average molecular weight is 423 g/mol. The van der Waals surface area contributed by atoms with Gasteiger partial charge in [0.2, 0.25) is 5.91 Å². The number of aryl methyl sites for hydroxylation is 1. The van der Waals surface area contributed by atoms with Crippen molar-refractivity contribution in [2.24, 2.45) is 0 Å². The molecule has 0 aromatic heterocycles. The van der Waals surface area contributed by atoms with Crippen LogP contribution >= 0.6 is 24.0 Å². The fraction of sp³-hybridized carbons (Fsp3) is 0.174. The first kappa shape index (κ1) is 21.0. The van der Waals surface area contributed by atoms with Crippen molar-refractivity contribution < 1.29 is 9.59 Å². The predicted octanol–water partition coefficient (Wildman–Crippen LogP) is 5.17. The van der Waals surface area contributed by atoms with E-state index in [0.717, 1.165) is 22.4 Å². The van der Waals surface area contributed by atoms with E-state index in [1.54, 1.807) is 6.92 Å². The fourth-order valence-corrected chi connectivity index (χ4v) is 4.41. The number of carbonyl (C=O) groups excluding carboxylic acids is 2. The Kier molecular flexibility index (Phi) is 6.67. The molecule has 29 heavy (non-hydrogen) atoms. The molecule has 1 heterocycles. The number of thioether (sulfide) groups is 1. The Morgan fingerprint density at radius 1 is 1.14 bits per heavy atom. The van der Waals surface area contributed by atoms with E-state index < -0.39 is 6.04 Å². The molecule has 0 spiro atoms. The Morgan fingerprint density at radius 3 is 2.48 bits per heavy atom. The molecule has 0 radical (unpaired) electrons. The molecule has 0 bridgehead atoms. The highest BCUT2D eigenvalue weighted by Gasteiger charge is 2.38. The summed E-state index contributed by atoms with van der Waals surface area (Å²) in [6.45, 7) is 5.55. The van der Waals surface area contributed by atoms with Crippen LogP contribution in [0.4, 0.5) is 5.69 Å². The molecule has 1 aliphatic heterocycles. The van der Waals surface area contributed by atoms with E-state index in [0.29, 0.717) is 9.23 Å². The normalized spacial score (nSPS) is 17.0. The van der Waals surface area contributed by atoms with Crippen molar-refractivity contribution >= 4 is 51.9 Å². The Bertz CT molecular complexity index is 1010. The van der Waals surface area contributed by atoms with Crippen molar-refractivity contribution in [3.63, 3.8) is 0 Å². The average Bonchev–Trinajstić information content (AvgIpc) is 2.96. The molecule has 1 aliphatic rings. The van der Waals surface area contributed by atoms with E-state index in [1.807, 2.05) is 80.6 Å². The van der Waals surface area contributed by atoms with E-state index in [9.17, 15) is 9.59 Å². The van der Waals surface area contributed by atoms with Gasteiger partial charge in [-0.1, -0.05) is 78.6 Å². The van der Waals surface area contributed by atoms with E-state index in [1.165, 1.54) is 16.7 Å². The number of allylic oxidation sites excluding steroid dienone is 2. The minimum Gasteiger partial charge on any atom is -0.324 e. The third-order valence-electron chi connectivity index (χ3n) is 4.55. The smallest absolute Gasteiger partial charge is 0.266 e. The standard InChI is InChI=1S/C23H22N2O2S2/c1-15(13-18-10-5-4-6-11-18)14-20-22(27)25(23(28)29-20)17(3)21(26)24-19-12-8-7-9-16(19)2/h4-14,17H,1-3H3,(H,24,26)/b15-13+,20-14-. The number of anilines is 1. The highest BCUT2D eigenvalue weighted by Crippen LogP contribution is 2.33. The second-order valence-electron chi connectivity index (χ2n) is 6.83. The van der Waals surface area contributed by atoms with Gasteiger partial charge in [-0.05, 0) is 49.6 Å². The summed E-state index contributed by atoms with van der Waals surface area (Å²) in [5, 5.41) is 2.88. The Hall–Kier alpha value is -2.70. The first-order valence-electron chi connectivity index (χ1n) is 9.23. The molecule has 1 saturated heterocycles. The maximum atomic E-state index is 12.9. The van der Waals surface area contributed by atoms with Gasteiger partial charge >= 0.3 is 0 Å². The van der Waals surface area contributed by atoms with Gasteiger partial charge in [0.1, 0.15) is 10.4 Å². The summed E-state index contributed by atoms with van der Waals surface area (Å²) >= 11 is 6.61. The molecule has 2 aromatic rings. The molecule has 0 aliphatic carbocycles. The van der Waals surface area contributed by atoms with Gasteiger partial charge < -0.3 is 5.32 Å². The molecule has 0 saturated carbocycles. The lowest BCUT2D eigenvalue weighted by atomic mass is 10.1. The van der Waals surface area contributed by atoms with Gasteiger partial charge in [-0.2, -0.15) is 0 Å². The van der Waals surface area contributed by atoms with E-state index in [-0.39, 0.29) is 11.8 Å². The summed E-state index contributed by atoms with van der Waals surface area (Å²) in [4.78, 5) is 27.5. The lowest BCUT2D eigenvalue weighted by Crippen LogP contribution is -2.44. The molecular formula is C23H22N2O2S2. The van der Waals surface area contributed by atoms with Crippen molar-refractivity contribution in [1.82, 2.24) is 4.90 Å². The fourth-order valence-electron chi connectivity index (χ4n) is 2.94. The molecule has 3 rings (SSSR count). The molecule has 1 unspecified atom stereocenters. The van der Waals surface area contributed by atoms with Gasteiger partial charge in [-0.15, -0.1) is 0 Å². The molecule has 6 heteroatoms. The molecule has 2 aromatic carbocycles. The zero-order valence-corrected chi connectivity index (χ0v) is 18.1. The number of benzene rings is 2. The van der Waals surface area contributed by atoms with Crippen LogP contribution in [-0.4, -0.2) is 27.1 Å². The maximum Gasteiger partial charge on any atom is 0.266 e. The van der Waals surface area contributed by atoms with E-state index in [2.05, 4.69) is 5.32 Å². The molecule has 1 N–H and O–H groups in total. The van der Waals surface area contributed by atoms with Crippen molar-refractivity contribution in [2.45, 2.75) is 26.8 Å². The number of nitrogens with zero attached hydrogens (tertiary/aromatic N) is 1. The molecule has 1 atom stereocenters. The Morgan fingerprint density at radius 2 is 1.79 bits per heavy atom. The lowest BCUT2D eigenvalue weighted by Gasteiger charge is -2.22. The van der Waals surface area contributed by atoms with Crippen molar-refractivity contribution in [1.29, 1.82) is 0 Å². The van der Waals surface area contributed by atoms with E-state index >= 15 is 0 Å². The van der Waals surface area contributed by atoms with Gasteiger partial charge in [0.15, 0.2) is 0 Å². The number of hydrogen-bond acceptors (Lipinski definition) is 4. The van der Waals surface area contributed by atoms with Crippen LogP contribution in [0.3, 0.4) is 0 Å². The van der Waals surface area contributed by atoms with Crippen molar-refractivity contribution in [3.8, 4) is 0 Å². The zero-order valence-electron chi connectivity index (χ0n) is 16.5. The monoisotopic (exact) mass is 422 g/mol. The highest BCUT2D eigenvalue weighted by molar-refractivity contribution is 8.26. The number of carbonyl (C=O) groups is 2. The topological polar surface area (TPSA) is 49.4 Å². The van der Waals surface area contributed by atoms with Crippen LogP contribution in [0.1, 0.15) is 25.0 Å². The van der Waals surface area contributed by atoms with Crippen LogP contribution in [0.15, 0.2) is 71.2 Å². The van der Waals surface area contributed by atoms with E-state index in [4.69, 9.17) is 12.2 Å². The minimum absolute atomic E-state index is 0.242. The lowest BCUT2D eigenvalue weighted by molar-refractivity contribution is -0.129. The number of para-hydroxylation sites is 1. The maximum absolute atomic E-state index is 12.9. The summed E-state index contributed by atoms with van der Waals surface area (Å²) < 4.78 is 0.390. The van der Waals surface area contributed by atoms with Gasteiger partial charge in [0, 0.05) is 5.69 Å². The van der Waals surface area contributed by atoms with Gasteiger partial charge in [-0.3, -0.25) is 14.5 Å². The van der Waals surface area contributed by atoms with Crippen LogP contribution in [0.5, 0.6) is 0 Å². The summed E-state index contributed by atoms with van der Waals surface area (Å²) in [7, 11) is 0. The second-order valence-corrected chi connectivity index (χ2v) is 8.51. The largest absolute Gasteiger partial charge is 0.324 e. The summed E-state index contributed by atoms with van der Waals surface area (Å²) in [6.07, 6.45) is 3.82. The van der Waals surface area contributed by atoms with Crippen LogP contribution in [-0.2, 0) is 9.59 Å². The number of thiocarbonyl (C=S) groups is 1. The van der Waals surface area contributed by atoms with Crippen molar-refractivity contribution in [2.75, 3.05) is 5.32 Å². The number of nitrogens with one attached hydrogen (secondary N) is 1. The van der Waals surface area contributed by atoms with Crippen LogP contribution in [0.2, 0.25) is 0 Å². The molecule has 4 nitrogen and oxygen atoms in total. The molecular weight excluding hydrogens is 400 g/mol. The predicted molar refractivity (Wildman–Crippen MR) is 124 cm³/mol. The summed E-state index contributed by atoms with van der Waals surface area (Å²) in [6, 6.07) is 16.7. The Labute approximate surface area is 180 Å².